The van der Waals surface area contributed by atoms with E-state index in [9.17, 15) is 13.0 Å². The predicted octanol–water partition coefficient (Wildman–Crippen LogP) is 9.70. The van der Waals surface area contributed by atoms with Crippen LogP contribution in [-0.4, -0.2) is 13.0 Å². The van der Waals surface area contributed by atoms with E-state index in [0.29, 0.717) is 6.42 Å². The summed E-state index contributed by atoms with van der Waals surface area (Å²) >= 11 is 0. The highest BCUT2D eigenvalue weighted by Gasteiger charge is 2.47. The zero-order valence-corrected chi connectivity index (χ0v) is 29.5. The van der Waals surface area contributed by atoms with Crippen LogP contribution in [0.5, 0.6) is 0 Å². The summed E-state index contributed by atoms with van der Waals surface area (Å²) in [5.74, 6) is 0. The summed E-state index contributed by atoms with van der Waals surface area (Å²) in [4.78, 5) is 0.0610. The molecule has 0 aliphatic carbocycles. The van der Waals surface area contributed by atoms with Crippen molar-refractivity contribution in [2.45, 2.75) is 82.4 Å². The van der Waals surface area contributed by atoms with Gasteiger partial charge >= 0.3 is 0 Å². The lowest BCUT2D eigenvalue weighted by Crippen LogP contribution is -2.38. The van der Waals surface area contributed by atoms with E-state index in [2.05, 4.69) is 128 Å². The summed E-state index contributed by atoms with van der Waals surface area (Å²) in [6.45, 7) is 2.24. The molecule has 0 aromatic heterocycles. The predicted molar refractivity (Wildman–Crippen MR) is 203 cm³/mol. The van der Waals surface area contributed by atoms with E-state index in [-0.39, 0.29) is 4.90 Å². The monoisotopic (exact) mass is 665 g/mol. The van der Waals surface area contributed by atoms with Crippen LogP contribution in [0.25, 0.3) is 0 Å². The molecule has 3 nitrogen and oxygen atoms in total. The Hall–Kier alpha value is -3.56. The summed E-state index contributed by atoms with van der Waals surface area (Å²) in [5, 5.41) is 5.55. The van der Waals surface area contributed by atoms with E-state index in [1.54, 1.807) is 12.1 Å². The Morgan fingerprint density at radius 1 is 0.447 bits per heavy atom. The first-order valence-corrected chi connectivity index (χ1v) is 20.4. The standard InChI is InChI=1S/C24H20P.C18H30O3S/c1-5-13-21(14-6-1)25(22-15-7-2-8-16-22,23-17-9-3-10-18-23)24-19-11-4-12-20-24;1-2-3-4-5-6-7-8-9-10-11-14-17-15-12-13-16-18(17)22(19,20)21/h1-20H;12-13,15-16H,2-11,14H2,1H3,(H,19,20,21)/q+1;. The molecule has 0 atom stereocenters. The molecule has 0 saturated carbocycles. The first-order chi connectivity index (χ1) is 23.0. The normalized spacial score (nSPS) is 11.4. The van der Waals surface area contributed by atoms with Gasteiger partial charge in [-0.2, -0.15) is 8.42 Å². The summed E-state index contributed by atoms with van der Waals surface area (Å²) in [7, 11) is -6.00. The second-order valence-electron chi connectivity index (χ2n) is 12.0. The second kappa shape index (κ2) is 19.3. The minimum atomic E-state index is -4.10. The topological polar surface area (TPSA) is 54.4 Å². The fourth-order valence-electron chi connectivity index (χ4n) is 6.27. The summed E-state index contributed by atoms with van der Waals surface area (Å²) < 4.78 is 31.8. The minimum absolute atomic E-state index is 0.0610. The van der Waals surface area contributed by atoms with Gasteiger partial charge in [0.25, 0.3) is 10.1 Å². The fourth-order valence-corrected chi connectivity index (χ4v) is 11.3. The van der Waals surface area contributed by atoms with Crippen LogP contribution in [0.4, 0.5) is 0 Å². The lowest BCUT2D eigenvalue weighted by molar-refractivity contribution is 0.481. The number of benzene rings is 5. The molecule has 0 bridgehead atoms. The number of aryl methyl sites for hydroxylation is 1. The number of hydrogen-bond donors (Lipinski definition) is 1. The smallest absolute Gasteiger partial charge is 0.282 e. The molecule has 0 amide bonds. The van der Waals surface area contributed by atoms with Crippen molar-refractivity contribution in [3.05, 3.63) is 151 Å². The van der Waals surface area contributed by atoms with Crippen LogP contribution in [-0.2, 0) is 16.5 Å². The highest BCUT2D eigenvalue weighted by Crippen LogP contribution is 2.54. The molecule has 0 spiro atoms. The molecule has 5 heteroatoms. The number of rotatable bonds is 16. The van der Waals surface area contributed by atoms with Crippen LogP contribution >= 0.6 is 7.26 Å². The molecular formula is C42H50O3PS+. The van der Waals surface area contributed by atoms with E-state index >= 15 is 0 Å². The average molecular weight is 666 g/mol. The van der Waals surface area contributed by atoms with Crippen LogP contribution in [0, 0.1) is 0 Å². The van der Waals surface area contributed by atoms with Gasteiger partial charge in [0.15, 0.2) is 0 Å². The van der Waals surface area contributed by atoms with Crippen molar-refractivity contribution in [1.82, 2.24) is 0 Å². The van der Waals surface area contributed by atoms with E-state index < -0.39 is 17.4 Å². The van der Waals surface area contributed by atoms with Crippen LogP contribution < -0.4 is 21.2 Å². The largest absolute Gasteiger partial charge is 0.294 e. The molecule has 47 heavy (non-hydrogen) atoms. The van der Waals surface area contributed by atoms with Gasteiger partial charge in [-0.05, 0) is 73.0 Å². The zero-order valence-electron chi connectivity index (χ0n) is 27.8. The van der Waals surface area contributed by atoms with Gasteiger partial charge in [0, 0.05) is 0 Å². The molecule has 0 heterocycles. The summed E-state index contributed by atoms with van der Waals surface area (Å²) in [6.07, 6.45) is 13.3. The summed E-state index contributed by atoms with van der Waals surface area (Å²) in [6, 6.07) is 50.6. The van der Waals surface area contributed by atoms with Crippen molar-refractivity contribution in [3.8, 4) is 0 Å². The van der Waals surface area contributed by atoms with Crippen molar-refractivity contribution < 1.29 is 13.0 Å². The van der Waals surface area contributed by atoms with E-state index in [0.717, 1.165) is 18.4 Å². The maximum atomic E-state index is 11.3. The Balaban J connectivity index is 0.000000215. The quantitative estimate of drug-likeness (QED) is 0.0649. The van der Waals surface area contributed by atoms with Gasteiger partial charge in [0.1, 0.15) is 28.5 Å². The lowest BCUT2D eigenvalue weighted by Gasteiger charge is -2.27. The Morgan fingerprint density at radius 2 is 0.766 bits per heavy atom. The third-order valence-electron chi connectivity index (χ3n) is 8.62. The third kappa shape index (κ3) is 10.5. The molecule has 5 aromatic carbocycles. The Bertz CT molecular complexity index is 1510. The highest BCUT2D eigenvalue weighted by molar-refractivity contribution is 8.01. The van der Waals surface area contributed by atoms with Crippen LogP contribution in [0.2, 0.25) is 0 Å². The molecule has 5 rings (SSSR count). The highest BCUT2D eigenvalue weighted by atomic mass is 32.2. The van der Waals surface area contributed by atoms with Crippen LogP contribution in [0.15, 0.2) is 150 Å². The zero-order chi connectivity index (χ0) is 33.2. The number of hydrogen-bond acceptors (Lipinski definition) is 2. The molecule has 0 radical (unpaired) electrons. The molecule has 5 aromatic rings. The van der Waals surface area contributed by atoms with Crippen molar-refractivity contribution in [2.75, 3.05) is 0 Å². The Labute approximate surface area is 284 Å². The second-order valence-corrected chi connectivity index (χ2v) is 16.8. The average Bonchev–Trinajstić information content (AvgIpc) is 3.11. The molecular weight excluding hydrogens is 616 g/mol. The van der Waals surface area contributed by atoms with Crippen molar-refractivity contribution in [2.24, 2.45) is 0 Å². The first-order valence-electron chi connectivity index (χ1n) is 17.1. The van der Waals surface area contributed by atoms with Crippen LogP contribution in [0.3, 0.4) is 0 Å². The fraction of sp³-hybridized carbons (Fsp3) is 0.286. The molecule has 0 saturated heterocycles. The maximum Gasteiger partial charge on any atom is 0.294 e. The van der Waals surface area contributed by atoms with Crippen molar-refractivity contribution in [3.63, 3.8) is 0 Å². The lowest BCUT2D eigenvalue weighted by atomic mass is 10.0. The molecule has 0 aliphatic heterocycles. The Kier molecular flexibility index (Phi) is 14.9. The molecule has 0 aliphatic rings. The van der Waals surface area contributed by atoms with Gasteiger partial charge in [-0.25, -0.2) is 0 Å². The minimum Gasteiger partial charge on any atom is -0.282 e. The molecule has 1 N–H and O–H groups in total. The van der Waals surface area contributed by atoms with E-state index in [4.69, 9.17) is 0 Å². The van der Waals surface area contributed by atoms with Gasteiger partial charge in [-0.3, -0.25) is 4.55 Å². The molecule has 0 fully saturated rings. The van der Waals surface area contributed by atoms with Crippen molar-refractivity contribution >= 4 is 38.6 Å². The van der Waals surface area contributed by atoms with Gasteiger partial charge in [0.2, 0.25) is 0 Å². The van der Waals surface area contributed by atoms with Crippen molar-refractivity contribution in [1.29, 1.82) is 0 Å². The van der Waals surface area contributed by atoms with Gasteiger partial charge in [-0.15, -0.1) is 0 Å². The molecule has 0 unspecified atom stereocenters. The van der Waals surface area contributed by atoms with Gasteiger partial charge in [0.05, 0.1) is 4.90 Å². The Morgan fingerprint density at radius 3 is 1.13 bits per heavy atom. The first kappa shape index (κ1) is 36.3. The number of unbranched alkanes of at least 4 members (excludes halogenated alkanes) is 9. The molecule has 246 valence electrons. The van der Waals surface area contributed by atoms with Gasteiger partial charge in [-0.1, -0.05) is 156 Å². The van der Waals surface area contributed by atoms with Gasteiger partial charge < -0.3 is 0 Å². The maximum absolute atomic E-state index is 11.3. The third-order valence-corrected chi connectivity index (χ3v) is 13.9. The van der Waals surface area contributed by atoms with Crippen LogP contribution in [0.1, 0.15) is 76.7 Å². The SMILES string of the molecule is CCCCCCCCCCCCc1ccccc1S(=O)(=O)O.c1ccc([P+](c2ccccc2)(c2ccccc2)c2ccccc2)cc1. The van der Waals surface area contributed by atoms with E-state index in [1.165, 1.54) is 78.7 Å². The van der Waals surface area contributed by atoms with E-state index in [1.807, 2.05) is 6.07 Å². The summed E-state index contributed by atoms with van der Waals surface area (Å²) in [5.41, 5.74) is 0.726.